The maximum Gasteiger partial charge on any atom is 0.225 e. The van der Waals surface area contributed by atoms with Gasteiger partial charge in [-0.15, -0.1) is 11.3 Å². The van der Waals surface area contributed by atoms with E-state index in [1.807, 2.05) is 11.3 Å². The molecule has 0 bridgehead atoms. The fourth-order valence-corrected chi connectivity index (χ4v) is 5.03. The molecule has 4 rings (SSSR count). The standard InChI is InChI=1S/C16H20ClN3S/c1-10-6-8-20(9-7-10)14-13-11-4-2-3-5-12(11)21-15(13)19-16(17)18-14/h10H,2-9H2,1H3. The first-order chi connectivity index (χ1) is 10.2. The SMILES string of the molecule is CC1CCN(c2nc(Cl)nc3sc4c(c23)CCCC4)CC1. The summed E-state index contributed by atoms with van der Waals surface area (Å²) in [7, 11) is 0. The van der Waals surface area contributed by atoms with Crippen molar-refractivity contribution in [3.8, 4) is 0 Å². The van der Waals surface area contributed by atoms with Gasteiger partial charge < -0.3 is 4.90 Å². The van der Waals surface area contributed by atoms with Gasteiger partial charge in [-0.25, -0.2) is 4.98 Å². The Morgan fingerprint density at radius 3 is 2.71 bits per heavy atom. The molecule has 0 aromatic carbocycles. The molecule has 0 spiro atoms. The zero-order chi connectivity index (χ0) is 14.4. The zero-order valence-electron chi connectivity index (χ0n) is 12.4. The predicted octanol–water partition coefficient (Wildman–Crippen LogP) is 4.46. The van der Waals surface area contributed by atoms with Crippen LogP contribution in [0.2, 0.25) is 5.28 Å². The summed E-state index contributed by atoms with van der Waals surface area (Å²) in [4.78, 5) is 14.1. The largest absolute Gasteiger partial charge is 0.356 e. The van der Waals surface area contributed by atoms with Crippen LogP contribution in [0, 0.1) is 5.92 Å². The lowest BCUT2D eigenvalue weighted by atomic mass is 9.96. The van der Waals surface area contributed by atoms with E-state index in [1.165, 1.54) is 54.4 Å². The molecule has 3 nitrogen and oxygen atoms in total. The van der Waals surface area contributed by atoms with Crippen molar-refractivity contribution in [2.75, 3.05) is 18.0 Å². The summed E-state index contributed by atoms with van der Waals surface area (Å²) in [5, 5.41) is 1.70. The third-order valence-corrected chi connectivity index (χ3v) is 6.21. The number of aromatic nitrogens is 2. The Kier molecular flexibility index (Phi) is 3.54. The van der Waals surface area contributed by atoms with E-state index >= 15 is 0 Å². The van der Waals surface area contributed by atoms with Crippen molar-refractivity contribution < 1.29 is 0 Å². The quantitative estimate of drug-likeness (QED) is 0.726. The highest BCUT2D eigenvalue weighted by molar-refractivity contribution is 7.19. The number of fused-ring (bicyclic) bond motifs is 3. The van der Waals surface area contributed by atoms with Crippen LogP contribution in [-0.4, -0.2) is 23.1 Å². The van der Waals surface area contributed by atoms with Gasteiger partial charge in [0.15, 0.2) is 0 Å². The monoisotopic (exact) mass is 321 g/mol. The van der Waals surface area contributed by atoms with Crippen molar-refractivity contribution in [2.24, 2.45) is 5.92 Å². The van der Waals surface area contributed by atoms with E-state index < -0.39 is 0 Å². The van der Waals surface area contributed by atoms with Crippen LogP contribution in [0.1, 0.15) is 43.0 Å². The van der Waals surface area contributed by atoms with Crippen molar-refractivity contribution in [2.45, 2.75) is 45.4 Å². The summed E-state index contributed by atoms with van der Waals surface area (Å²) in [6.07, 6.45) is 7.46. The van der Waals surface area contributed by atoms with Crippen LogP contribution < -0.4 is 4.90 Å². The molecule has 0 saturated carbocycles. The summed E-state index contributed by atoms with van der Waals surface area (Å²) < 4.78 is 0. The lowest BCUT2D eigenvalue weighted by Crippen LogP contribution is -2.33. The van der Waals surface area contributed by atoms with E-state index in [0.29, 0.717) is 5.28 Å². The predicted molar refractivity (Wildman–Crippen MR) is 89.7 cm³/mol. The zero-order valence-corrected chi connectivity index (χ0v) is 13.9. The number of halogens is 1. The molecule has 2 aliphatic rings. The Hall–Kier alpha value is -0.870. The maximum atomic E-state index is 6.19. The van der Waals surface area contributed by atoms with Crippen molar-refractivity contribution in [1.29, 1.82) is 0 Å². The van der Waals surface area contributed by atoms with E-state index in [1.54, 1.807) is 0 Å². The molecular formula is C16H20ClN3S. The molecule has 1 fully saturated rings. The number of rotatable bonds is 1. The minimum absolute atomic E-state index is 0.398. The second-order valence-electron chi connectivity index (χ2n) is 6.38. The number of nitrogens with zero attached hydrogens (tertiary/aromatic N) is 3. The number of hydrogen-bond acceptors (Lipinski definition) is 4. The summed E-state index contributed by atoms with van der Waals surface area (Å²) in [5.74, 6) is 1.92. The van der Waals surface area contributed by atoms with Crippen LogP contribution in [0.4, 0.5) is 5.82 Å². The average molecular weight is 322 g/mol. The minimum Gasteiger partial charge on any atom is -0.356 e. The van der Waals surface area contributed by atoms with Gasteiger partial charge in [-0.2, -0.15) is 4.98 Å². The second-order valence-corrected chi connectivity index (χ2v) is 7.80. The van der Waals surface area contributed by atoms with Crippen molar-refractivity contribution in [3.05, 3.63) is 15.7 Å². The molecule has 0 amide bonds. The van der Waals surface area contributed by atoms with E-state index in [9.17, 15) is 0 Å². The Balaban J connectivity index is 1.85. The lowest BCUT2D eigenvalue weighted by Gasteiger charge is -2.31. The maximum absolute atomic E-state index is 6.19. The lowest BCUT2D eigenvalue weighted by molar-refractivity contribution is 0.437. The van der Waals surface area contributed by atoms with E-state index in [0.717, 1.165) is 29.7 Å². The van der Waals surface area contributed by atoms with Gasteiger partial charge in [0.05, 0.1) is 5.39 Å². The van der Waals surface area contributed by atoms with Gasteiger partial charge in [0.25, 0.3) is 0 Å². The number of thiophene rings is 1. The third kappa shape index (κ3) is 2.42. The topological polar surface area (TPSA) is 29.0 Å². The highest BCUT2D eigenvalue weighted by atomic mass is 35.5. The first-order valence-electron chi connectivity index (χ1n) is 7.95. The van der Waals surface area contributed by atoms with Gasteiger partial charge >= 0.3 is 0 Å². The molecule has 2 aromatic rings. The van der Waals surface area contributed by atoms with Gasteiger partial charge in [0.1, 0.15) is 10.6 Å². The van der Waals surface area contributed by atoms with Crippen LogP contribution in [0.15, 0.2) is 0 Å². The fraction of sp³-hybridized carbons (Fsp3) is 0.625. The van der Waals surface area contributed by atoms with Gasteiger partial charge in [0, 0.05) is 18.0 Å². The molecule has 0 radical (unpaired) electrons. The minimum atomic E-state index is 0.398. The first-order valence-corrected chi connectivity index (χ1v) is 9.14. The third-order valence-electron chi connectivity index (χ3n) is 4.85. The molecule has 0 unspecified atom stereocenters. The molecule has 3 heterocycles. The number of hydrogen-bond donors (Lipinski definition) is 0. The molecule has 112 valence electrons. The Labute approximate surface area is 134 Å². The Bertz CT molecular complexity index is 674. The van der Waals surface area contributed by atoms with E-state index in [2.05, 4.69) is 21.8 Å². The molecule has 0 atom stereocenters. The van der Waals surface area contributed by atoms with Crippen LogP contribution in [-0.2, 0) is 12.8 Å². The number of piperidine rings is 1. The fourth-order valence-electron chi connectivity index (χ4n) is 3.56. The molecule has 21 heavy (non-hydrogen) atoms. The number of aryl methyl sites for hydroxylation is 2. The Morgan fingerprint density at radius 1 is 1.14 bits per heavy atom. The summed E-state index contributed by atoms with van der Waals surface area (Å²) >= 11 is 8.02. The van der Waals surface area contributed by atoms with E-state index in [4.69, 9.17) is 11.6 Å². The molecule has 5 heteroatoms. The van der Waals surface area contributed by atoms with Gasteiger partial charge in [-0.3, -0.25) is 0 Å². The van der Waals surface area contributed by atoms with Crippen molar-refractivity contribution >= 4 is 39.0 Å². The normalized spacial score (nSPS) is 20.0. The van der Waals surface area contributed by atoms with Crippen molar-refractivity contribution in [3.63, 3.8) is 0 Å². The highest BCUT2D eigenvalue weighted by Gasteiger charge is 2.25. The molecule has 2 aromatic heterocycles. The van der Waals surface area contributed by atoms with Gasteiger partial charge in [0.2, 0.25) is 5.28 Å². The average Bonchev–Trinajstić information content (AvgIpc) is 2.85. The smallest absolute Gasteiger partial charge is 0.225 e. The summed E-state index contributed by atoms with van der Waals surface area (Å²) in [6.45, 7) is 4.52. The highest BCUT2D eigenvalue weighted by Crippen LogP contribution is 2.40. The molecule has 0 N–H and O–H groups in total. The summed E-state index contributed by atoms with van der Waals surface area (Å²) in [5.41, 5.74) is 1.51. The summed E-state index contributed by atoms with van der Waals surface area (Å²) in [6, 6.07) is 0. The van der Waals surface area contributed by atoms with Gasteiger partial charge in [-0.05, 0) is 61.6 Å². The molecule has 1 aliphatic carbocycles. The van der Waals surface area contributed by atoms with Crippen molar-refractivity contribution in [1.82, 2.24) is 9.97 Å². The first kappa shape index (κ1) is 13.8. The number of anilines is 1. The second kappa shape index (κ2) is 5.40. The molecule has 1 saturated heterocycles. The van der Waals surface area contributed by atoms with Crippen LogP contribution in [0.3, 0.4) is 0 Å². The van der Waals surface area contributed by atoms with Crippen LogP contribution in [0.5, 0.6) is 0 Å². The Morgan fingerprint density at radius 2 is 1.90 bits per heavy atom. The van der Waals surface area contributed by atoms with Crippen LogP contribution >= 0.6 is 22.9 Å². The van der Waals surface area contributed by atoms with Gasteiger partial charge in [-0.1, -0.05) is 6.92 Å². The van der Waals surface area contributed by atoms with E-state index in [-0.39, 0.29) is 0 Å². The molecular weight excluding hydrogens is 302 g/mol. The molecule has 1 aliphatic heterocycles. The van der Waals surface area contributed by atoms with Crippen LogP contribution in [0.25, 0.3) is 10.2 Å².